The molecule has 3 heterocycles. The third kappa shape index (κ3) is 2.88. The predicted molar refractivity (Wildman–Crippen MR) is 80.4 cm³/mol. The number of carbonyl (C=O) groups is 2. The van der Waals surface area contributed by atoms with Gasteiger partial charge in [-0.15, -0.1) is 0 Å². The molecule has 0 aliphatic carbocycles. The number of carbonyl (C=O) groups excluding carboxylic acids is 2. The standard InChI is InChI=1S/C15H15N5O2/c1-10(21)20-8-12-13(9-20)18-19-15(12)17-14(22)5-4-11-3-2-6-16-7-11/h2-7H,8-9H2,1H3,(H2,17,18,19,22)/b5-4-. The zero-order chi connectivity index (χ0) is 15.5. The van der Waals surface area contributed by atoms with Crippen molar-refractivity contribution in [2.75, 3.05) is 5.32 Å². The van der Waals surface area contributed by atoms with Crippen molar-refractivity contribution in [2.45, 2.75) is 20.0 Å². The van der Waals surface area contributed by atoms with E-state index in [2.05, 4.69) is 20.5 Å². The largest absolute Gasteiger partial charge is 0.332 e. The Morgan fingerprint density at radius 3 is 3.00 bits per heavy atom. The van der Waals surface area contributed by atoms with Crippen LogP contribution in [0.2, 0.25) is 0 Å². The van der Waals surface area contributed by atoms with Crippen LogP contribution in [0.4, 0.5) is 5.82 Å². The number of hydrogen-bond acceptors (Lipinski definition) is 4. The Balaban J connectivity index is 1.67. The number of nitrogens with one attached hydrogen (secondary N) is 2. The summed E-state index contributed by atoms with van der Waals surface area (Å²) in [6, 6.07) is 3.66. The van der Waals surface area contributed by atoms with Gasteiger partial charge >= 0.3 is 0 Å². The summed E-state index contributed by atoms with van der Waals surface area (Å²) in [6.45, 7) is 2.45. The molecule has 0 radical (unpaired) electrons. The highest BCUT2D eigenvalue weighted by atomic mass is 16.2. The van der Waals surface area contributed by atoms with Crippen LogP contribution in [0, 0.1) is 0 Å². The second-order valence-electron chi connectivity index (χ2n) is 5.01. The Morgan fingerprint density at radius 1 is 1.41 bits per heavy atom. The molecule has 1 aliphatic rings. The van der Waals surface area contributed by atoms with E-state index in [1.807, 2.05) is 6.07 Å². The molecule has 0 fully saturated rings. The van der Waals surface area contributed by atoms with Gasteiger partial charge < -0.3 is 10.2 Å². The third-order valence-electron chi connectivity index (χ3n) is 3.45. The van der Waals surface area contributed by atoms with Crippen molar-refractivity contribution in [2.24, 2.45) is 0 Å². The molecule has 0 spiro atoms. The fourth-order valence-corrected chi connectivity index (χ4v) is 2.27. The van der Waals surface area contributed by atoms with Crippen molar-refractivity contribution in [1.82, 2.24) is 20.1 Å². The Morgan fingerprint density at radius 2 is 2.27 bits per heavy atom. The van der Waals surface area contributed by atoms with Crippen molar-refractivity contribution in [3.05, 3.63) is 47.4 Å². The number of anilines is 1. The number of hydrogen-bond donors (Lipinski definition) is 2. The van der Waals surface area contributed by atoms with Crippen molar-refractivity contribution in [3.8, 4) is 0 Å². The first kappa shape index (κ1) is 14.0. The van der Waals surface area contributed by atoms with Gasteiger partial charge in [-0.1, -0.05) is 6.07 Å². The quantitative estimate of drug-likeness (QED) is 0.836. The molecular formula is C15H15N5O2. The lowest BCUT2D eigenvalue weighted by molar-refractivity contribution is -0.129. The van der Waals surface area contributed by atoms with Crippen LogP contribution in [0.5, 0.6) is 0 Å². The smallest absolute Gasteiger partial charge is 0.249 e. The van der Waals surface area contributed by atoms with Crippen LogP contribution in [0.15, 0.2) is 30.6 Å². The summed E-state index contributed by atoms with van der Waals surface area (Å²) < 4.78 is 0. The molecule has 3 rings (SSSR count). The average molecular weight is 297 g/mol. The Labute approximate surface area is 127 Å². The molecule has 7 nitrogen and oxygen atoms in total. The maximum atomic E-state index is 12.0. The minimum Gasteiger partial charge on any atom is -0.332 e. The molecule has 0 unspecified atom stereocenters. The summed E-state index contributed by atoms with van der Waals surface area (Å²) in [5, 5.41) is 9.68. The van der Waals surface area contributed by atoms with E-state index in [1.54, 1.807) is 29.4 Å². The van der Waals surface area contributed by atoms with Crippen LogP contribution >= 0.6 is 0 Å². The van der Waals surface area contributed by atoms with Crippen LogP contribution in [-0.4, -0.2) is 31.9 Å². The van der Waals surface area contributed by atoms with Gasteiger partial charge in [0.25, 0.3) is 0 Å². The van der Waals surface area contributed by atoms with Crippen LogP contribution < -0.4 is 5.32 Å². The minimum atomic E-state index is -0.267. The van der Waals surface area contributed by atoms with Gasteiger partial charge in [0.05, 0.1) is 18.8 Å². The second kappa shape index (κ2) is 5.80. The number of nitrogens with zero attached hydrogens (tertiary/aromatic N) is 3. The maximum Gasteiger partial charge on any atom is 0.249 e. The third-order valence-corrected chi connectivity index (χ3v) is 3.45. The van der Waals surface area contributed by atoms with Gasteiger partial charge in [-0.25, -0.2) is 0 Å². The Bertz CT molecular complexity index is 736. The molecule has 0 atom stereocenters. The minimum absolute atomic E-state index is 0.00764. The van der Waals surface area contributed by atoms with Crippen LogP contribution in [-0.2, 0) is 22.7 Å². The Kier molecular flexibility index (Phi) is 3.69. The van der Waals surface area contributed by atoms with Gasteiger partial charge in [-0.3, -0.25) is 19.7 Å². The zero-order valence-electron chi connectivity index (χ0n) is 12.0. The molecule has 0 aromatic carbocycles. The maximum absolute atomic E-state index is 12.0. The first-order chi connectivity index (χ1) is 10.6. The highest BCUT2D eigenvalue weighted by molar-refractivity contribution is 6.01. The highest BCUT2D eigenvalue weighted by Crippen LogP contribution is 2.26. The molecule has 0 saturated heterocycles. The zero-order valence-corrected chi connectivity index (χ0v) is 12.0. The number of aromatic amines is 1. The lowest BCUT2D eigenvalue weighted by Gasteiger charge is -2.12. The van der Waals surface area contributed by atoms with Crippen molar-refractivity contribution >= 4 is 23.7 Å². The molecule has 22 heavy (non-hydrogen) atoms. The summed E-state index contributed by atoms with van der Waals surface area (Å²) in [5.74, 6) is 0.267. The van der Waals surface area contributed by atoms with Gasteiger partial charge in [0, 0.05) is 31.0 Å². The van der Waals surface area contributed by atoms with Crippen molar-refractivity contribution in [3.63, 3.8) is 0 Å². The Hall–Kier alpha value is -2.96. The fourth-order valence-electron chi connectivity index (χ4n) is 2.27. The van der Waals surface area contributed by atoms with E-state index in [0.717, 1.165) is 16.8 Å². The van der Waals surface area contributed by atoms with E-state index >= 15 is 0 Å². The molecule has 0 bridgehead atoms. The number of rotatable bonds is 3. The number of aromatic nitrogens is 3. The summed E-state index contributed by atoms with van der Waals surface area (Å²) in [6.07, 6.45) is 6.46. The summed E-state index contributed by atoms with van der Waals surface area (Å²) in [5.41, 5.74) is 2.50. The van der Waals surface area contributed by atoms with E-state index < -0.39 is 0 Å². The van der Waals surface area contributed by atoms with Gasteiger partial charge in [0.15, 0.2) is 0 Å². The average Bonchev–Trinajstić information content (AvgIpc) is 3.08. The lowest BCUT2D eigenvalue weighted by Crippen LogP contribution is -2.22. The summed E-state index contributed by atoms with van der Waals surface area (Å²) in [7, 11) is 0. The molecule has 0 saturated carbocycles. The molecule has 112 valence electrons. The summed E-state index contributed by atoms with van der Waals surface area (Å²) in [4.78, 5) is 29.0. The number of H-pyrrole nitrogens is 1. The van der Waals surface area contributed by atoms with E-state index in [-0.39, 0.29) is 11.8 Å². The van der Waals surface area contributed by atoms with Gasteiger partial charge in [-0.2, -0.15) is 5.10 Å². The first-order valence-electron chi connectivity index (χ1n) is 6.84. The topological polar surface area (TPSA) is 91.0 Å². The molecule has 2 aromatic rings. The SMILES string of the molecule is CC(=O)N1Cc2n[nH]c(NC(=O)/C=C\c3cccnc3)c2C1. The van der Waals surface area contributed by atoms with Crippen molar-refractivity contribution in [1.29, 1.82) is 0 Å². The van der Waals surface area contributed by atoms with E-state index in [4.69, 9.17) is 0 Å². The molecule has 2 N–H and O–H groups in total. The molecular weight excluding hydrogens is 282 g/mol. The number of fused-ring (bicyclic) bond motifs is 1. The molecule has 2 aromatic heterocycles. The number of amides is 2. The van der Waals surface area contributed by atoms with Gasteiger partial charge in [-0.05, 0) is 17.7 Å². The predicted octanol–water partition coefficient (Wildman–Crippen LogP) is 1.32. The second-order valence-corrected chi connectivity index (χ2v) is 5.01. The summed E-state index contributed by atoms with van der Waals surface area (Å²) >= 11 is 0. The van der Waals surface area contributed by atoms with Crippen LogP contribution in [0.3, 0.4) is 0 Å². The van der Waals surface area contributed by atoms with E-state index in [1.165, 1.54) is 13.0 Å². The van der Waals surface area contributed by atoms with E-state index in [0.29, 0.717) is 18.9 Å². The van der Waals surface area contributed by atoms with E-state index in [9.17, 15) is 9.59 Å². The lowest BCUT2D eigenvalue weighted by atomic mass is 10.2. The van der Waals surface area contributed by atoms with Crippen molar-refractivity contribution < 1.29 is 9.59 Å². The molecule has 1 aliphatic heterocycles. The number of pyridine rings is 1. The van der Waals surface area contributed by atoms with Gasteiger partial charge in [0.1, 0.15) is 5.82 Å². The highest BCUT2D eigenvalue weighted by Gasteiger charge is 2.26. The van der Waals surface area contributed by atoms with Gasteiger partial charge in [0.2, 0.25) is 11.8 Å². The monoisotopic (exact) mass is 297 g/mol. The van der Waals surface area contributed by atoms with Crippen LogP contribution in [0.1, 0.15) is 23.7 Å². The van der Waals surface area contributed by atoms with Crippen LogP contribution in [0.25, 0.3) is 6.08 Å². The molecule has 2 amide bonds. The fraction of sp³-hybridized carbons (Fsp3) is 0.200. The normalized spacial score (nSPS) is 13.4. The molecule has 7 heteroatoms. The first-order valence-corrected chi connectivity index (χ1v) is 6.84.